The van der Waals surface area contributed by atoms with E-state index in [0.29, 0.717) is 12.4 Å². The summed E-state index contributed by atoms with van der Waals surface area (Å²) in [4.78, 5) is 15.8. The number of nitrogens with zero attached hydrogens (tertiary/aromatic N) is 5. The van der Waals surface area contributed by atoms with Gasteiger partial charge in [-0.1, -0.05) is 0 Å². The summed E-state index contributed by atoms with van der Waals surface area (Å²) in [5, 5.41) is 0. The highest BCUT2D eigenvalue weighted by Crippen LogP contribution is 2.00. The fraction of sp³-hybridized carbons (Fsp3) is 0.250. The maximum Gasteiger partial charge on any atom is 0.223 e. The van der Waals surface area contributed by atoms with E-state index in [1.807, 2.05) is 17.7 Å². The van der Waals surface area contributed by atoms with Crippen LogP contribution in [0.2, 0.25) is 0 Å². The SMILES string of the molecule is Cc1nccn1Cc1ncnc(N)n1. The number of nitrogen functional groups attached to an aromatic ring is 1. The highest BCUT2D eigenvalue weighted by molar-refractivity contribution is 5.12. The van der Waals surface area contributed by atoms with Gasteiger partial charge in [-0.15, -0.1) is 0 Å². The molecule has 0 amide bonds. The van der Waals surface area contributed by atoms with Gasteiger partial charge in [-0.05, 0) is 6.92 Å². The molecule has 0 aromatic carbocycles. The highest BCUT2D eigenvalue weighted by Gasteiger charge is 2.01. The monoisotopic (exact) mass is 190 g/mol. The standard InChI is InChI=1S/C8H10N6/c1-6-10-2-3-14(6)4-7-11-5-12-8(9)13-7/h2-3,5H,4H2,1H3,(H2,9,11,12,13). The van der Waals surface area contributed by atoms with Crippen molar-refractivity contribution >= 4 is 5.95 Å². The largest absolute Gasteiger partial charge is 0.368 e. The van der Waals surface area contributed by atoms with Crippen LogP contribution in [0.3, 0.4) is 0 Å². The van der Waals surface area contributed by atoms with E-state index >= 15 is 0 Å². The first-order chi connectivity index (χ1) is 6.75. The van der Waals surface area contributed by atoms with Crippen LogP contribution in [0.1, 0.15) is 11.6 Å². The molecule has 2 heterocycles. The molecule has 0 aliphatic rings. The van der Waals surface area contributed by atoms with Crippen molar-refractivity contribution in [1.29, 1.82) is 0 Å². The molecule has 0 aliphatic carbocycles. The van der Waals surface area contributed by atoms with Gasteiger partial charge in [0.15, 0.2) is 5.82 Å². The third-order valence-electron chi connectivity index (χ3n) is 1.88. The molecule has 2 rings (SSSR count). The predicted octanol–water partition coefficient (Wildman–Crippen LogP) is 0.00702. The average Bonchev–Trinajstić information content (AvgIpc) is 2.52. The summed E-state index contributed by atoms with van der Waals surface area (Å²) >= 11 is 0. The van der Waals surface area contributed by atoms with Gasteiger partial charge in [0.05, 0.1) is 6.54 Å². The molecule has 6 heteroatoms. The Morgan fingerprint density at radius 2 is 2.21 bits per heavy atom. The molecule has 0 radical (unpaired) electrons. The summed E-state index contributed by atoms with van der Waals surface area (Å²) in [7, 11) is 0. The first-order valence-corrected chi connectivity index (χ1v) is 4.17. The van der Waals surface area contributed by atoms with Crippen molar-refractivity contribution in [3.8, 4) is 0 Å². The molecule has 0 saturated heterocycles. The van der Waals surface area contributed by atoms with Crippen LogP contribution in [0.15, 0.2) is 18.7 Å². The quantitative estimate of drug-likeness (QED) is 0.721. The number of aryl methyl sites for hydroxylation is 1. The molecule has 72 valence electrons. The van der Waals surface area contributed by atoms with E-state index in [1.165, 1.54) is 6.33 Å². The zero-order valence-electron chi connectivity index (χ0n) is 7.75. The summed E-state index contributed by atoms with van der Waals surface area (Å²) in [5.41, 5.74) is 5.44. The molecule has 2 aromatic rings. The molecule has 2 N–H and O–H groups in total. The van der Waals surface area contributed by atoms with Crippen LogP contribution in [0.4, 0.5) is 5.95 Å². The second-order valence-electron chi connectivity index (χ2n) is 2.86. The Balaban J connectivity index is 2.23. The number of anilines is 1. The van der Waals surface area contributed by atoms with Gasteiger partial charge in [0.2, 0.25) is 5.95 Å². The lowest BCUT2D eigenvalue weighted by Crippen LogP contribution is -2.07. The summed E-state index contributed by atoms with van der Waals surface area (Å²) in [6.07, 6.45) is 5.01. The van der Waals surface area contributed by atoms with E-state index < -0.39 is 0 Å². The van der Waals surface area contributed by atoms with Crippen molar-refractivity contribution in [2.75, 3.05) is 5.73 Å². The summed E-state index contributed by atoms with van der Waals surface area (Å²) in [6.45, 7) is 2.49. The maximum absolute atomic E-state index is 5.44. The van der Waals surface area contributed by atoms with Gasteiger partial charge in [-0.3, -0.25) is 0 Å². The molecule has 0 fully saturated rings. The van der Waals surface area contributed by atoms with Crippen LogP contribution >= 0.6 is 0 Å². The van der Waals surface area contributed by atoms with Crippen molar-refractivity contribution in [2.24, 2.45) is 0 Å². The number of hydrogen-bond acceptors (Lipinski definition) is 5. The third kappa shape index (κ3) is 1.68. The summed E-state index contributed by atoms with van der Waals surface area (Å²) < 4.78 is 1.94. The zero-order chi connectivity index (χ0) is 9.97. The smallest absolute Gasteiger partial charge is 0.223 e. The van der Waals surface area contributed by atoms with E-state index in [4.69, 9.17) is 5.73 Å². The Morgan fingerprint density at radius 1 is 1.36 bits per heavy atom. The van der Waals surface area contributed by atoms with Crippen LogP contribution in [0.5, 0.6) is 0 Å². The van der Waals surface area contributed by atoms with Crippen molar-refractivity contribution in [1.82, 2.24) is 24.5 Å². The van der Waals surface area contributed by atoms with Crippen molar-refractivity contribution in [2.45, 2.75) is 13.5 Å². The lowest BCUT2D eigenvalue weighted by molar-refractivity contribution is 0.712. The lowest BCUT2D eigenvalue weighted by atomic mass is 10.5. The molecule has 0 atom stereocenters. The molecular weight excluding hydrogens is 180 g/mol. The summed E-state index contributed by atoms with van der Waals surface area (Å²) in [5.74, 6) is 1.80. The Hall–Kier alpha value is -1.98. The minimum atomic E-state index is 0.243. The molecular formula is C8H10N6. The zero-order valence-corrected chi connectivity index (χ0v) is 7.75. The van der Waals surface area contributed by atoms with Crippen molar-refractivity contribution < 1.29 is 0 Å². The predicted molar refractivity (Wildman–Crippen MR) is 50.3 cm³/mol. The fourth-order valence-corrected chi connectivity index (χ4v) is 1.14. The lowest BCUT2D eigenvalue weighted by Gasteiger charge is -2.02. The normalized spacial score (nSPS) is 10.4. The average molecular weight is 190 g/mol. The van der Waals surface area contributed by atoms with Gasteiger partial charge in [0.25, 0.3) is 0 Å². The van der Waals surface area contributed by atoms with Gasteiger partial charge in [0, 0.05) is 12.4 Å². The highest BCUT2D eigenvalue weighted by atomic mass is 15.1. The van der Waals surface area contributed by atoms with Crippen LogP contribution in [0, 0.1) is 6.92 Å². The van der Waals surface area contributed by atoms with Crippen LogP contribution in [-0.2, 0) is 6.54 Å². The van der Waals surface area contributed by atoms with Crippen molar-refractivity contribution in [3.05, 3.63) is 30.4 Å². The summed E-state index contributed by atoms with van der Waals surface area (Å²) in [6, 6.07) is 0. The minimum Gasteiger partial charge on any atom is -0.368 e. The van der Waals surface area contributed by atoms with Crippen LogP contribution in [0.25, 0.3) is 0 Å². The van der Waals surface area contributed by atoms with Crippen LogP contribution in [-0.4, -0.2) is 24.5 Å². The molecule has 2 aromatic heterocycles. The molecule has 0 unspecified atom stereocenters. The fourth-order valence-electron chi connectivity index (χ4n) is 1.14. The van der Waals surface area contributed by atoms with Crippen molar-refractivity contribution in [3.63, 3.8) is 0 Å². The van der Waals surface area contributed by atoms with E-state index in [0.717, 1.165) is 5.82 Å². The molecule has 0 spiro atoms. The van der Waals surface area contributed by atoms with E-state index in [2.05, 4.69) is 19.9 Å². The first-order valence-electron chi connectivity index (χ1n) is 4.17. The third-order valence-corrected chi connectivity index (χ3v) is 1.88. The number of nitrogens with two attached hydrogens (primary N) is 1. The van der Waals surface area contributed by atoms with Gasteiger partial charge < -0.3 is 10.3 Å². The molecule has 0 aliphatic heterocycles. The van der Waals surface area contributed by atoms with Gasteiger partial charge in [-0.25, -0.2) is 15.0 Å². The number of hydrogen-bond donors (Lipinski definition) is 1. The van der Waals surface area contributed by atoms with E-state index in [9.17, 15) is 0 Å². The number of rotatable bonds is 2. The number of imidazole rings is 1. The minimum absolute atomic E-state index is 0.243. The topological polar surface area (TPSA) is 82.5 Å². The maximum atomic E-state index is 5.44. The Morgan fingerprint density at radius 3 is 2.86 bits per heavy atom. The Labute approximate surface area is 80.9 Å². The van der Waals surface area contributed by atoms with Gasteiger partial charge in [-0.2, -0.15) is 4.98 Å². The number of aromatic nitrogens is 5. The second kappa shape index (κ2) is 3.41. The first kappa shape index (κ1) is 8.61. The second-order valence-corrected chi connectivity index (χ2v) is 2.86. The van der Waals surface area contributed by atoms with Gasteiger partial charge >= 0.3 is 0 Å². The van der Waals surface area contributed by atoms with Gasteiger partial charge in [0.1, 0.15) is 12.2 Å². The van der Waals surface area contributed by atoms with E-state index in [-0.39, 0.29) is 5.95 Å². The van der Waals surface area contributed by atoms with Crippen LogP contribution < -0.4 is 5.73 Å². The molecule has 6 nitrogen and oxygen atoms in total. The Kier molecular flexibility index (Phi) is 2.10. The molecule has 0 bridgehead atoms. The molecule has 14 heavy (non-hydrogen) atoms. The van der Waals surface area contributed by atoms with E-state index in [1.54, 1.807) is 6.20 Å². The molecule has 0 saturated carbocycles. The Bertz CT molecular complexity index is 435.